The molecule has 0 spiro atoms. The van der Waals surface area contributed by atoms with Gasteiger partial charge in [0.05, 0.1) is 19.2 Å². The Morgan fingerprint density at radius 2 is 0.953 bits per heavy atom. The highest BCUT2D eigenvalue weighted by Gasteiger charge is 2.21. The van der Waals surface area contributed by atoms with Crippen LogP contribution in [0.25, 0.3) is 87.6 Å². The van der Waals surface area contributed by atoms with Gasteiger partial charge >= 0.3 is 0 Å². The minimum Gasteiger partial charge on any atom is -0.455 e. The molecule has 0 fully saturated rings. The zero-order valence-electron chi connectivity index (χ0n) is 36.3. The van der Waals surface area contributed by atoms with Gasteiger partial charge in [-0.2, -0.15) is 0 Å². The lowest BCUT2D eigenvalue weighted by Gasteiger charge is -2.19. The highest BCUT2D eigenvalue weighted by molar-refractivity contribution is 6.25. The lowest BCUT2D eigenvalue weighted by atomic mass is 9.83. The summed E-state index contributed by atoms with van der Waals surface area (Å²) in [6.07, 6.45) is 0. The molecular formula is C42H26O. The summed E-state index contributed by atoms with van der Waals surface area (Å²) in [6.45, 7) is 0. The van der Waals surface area contributed by atoms with Gasteiger partial charge in [-0.05, 0) is 66.7 Å². The molecule has 0 saturated carbocycles. The third-order valence-electron chi connectivity index (χ3n) is 7.82. The van der Waals surface area contributed by atoms with Crippen molar-refractivity contribution in [1.29, 1.82) is 0 Å². The fourth-order valence-electron chi connectivity index (χ4n) is 6.00. The molecule has 200 valence electrons. The van der Waals surface area contributed by atoms with Crippen molar-refractivity contribution in [2.75, 3.05) is 0 Å². The molecule has 1 heterocycles. The molecule has 9 rings (SSSR count). The van der Waals surface area contributed by atoms with Gasteiger partial charge < -0.3 is 4.42 Å². The Balaban J connectivity index is 1.56. The predicted molar refractivity (Wildman–Crippen MR) is 183 cm³/mol. The maximum Gasteiger partial charge on any atom is 0.143 e. The van der Waals surface area contributed by atoms with Crippen LogP contribution in [0.4, 0.5) is 0 Å². The summed E-state index contributed by atoms with van der Waals surface area (Å²) >= 11 is 0. The second kappa shape index (κ2) is 9.44. The highest BCUT2D eigenvalue weighted by Crippen LogP contribution is 2.48. The maximum atomic E-state index is 9.41. The average Bonchev–Trinajstić information content (AvgIpc) is 3.63. The molecule has 1 aromatic heterocycles. The number of rotatable bonds is 3. The van der Waals surface area contributed by atoms with Crippen LogP contribution < -0.4 is 0 Å². The van der Waals surface area contributed by atoms with E-state index in [4.69, 9.17) is 16.8 Å². The van der Waals surface area contributed by atoms with Gasteiger partial charge in [0.1, 0.15) is 11.2 Å². The van der Waals surface area contributed by atoms with Gasteiger partial charge in [0.15, 0.2) is 0 Å². The van der Waals surface area contributed by atoms with Crippen LogP contribution in [-0.2, 0) is 0 Å². The van der Waals surface area contributed by atoms with E-state index < -0.39 is 78.6 Å². The number of fused-ring (bicyclic) bond motifs is 6. The van der Waals surface area contributed by atoms with Crippen molar-refractivity contribution in [3.8, 4) is 33.4 Å². The number of benzene rings is 8. The van der Waals surface area contributed by atoms with Crippen LogP contribution in [0.15, 0.2) is 162 Å². The van der Waals surface area contributed by atoms with E-state index in [1.165, 1.54) is 0 Å². The Kier molecular flexibility index (Phi) is 3.07. The molecule has 8 aromatic carbocycles. The smallest absolute Gasteiger partial charge is 0.143 e. The maximum absolute atomic E-state index is 9.41. The van der Waals surface area contributed by atoms with Crippen LogP contribution in [0.5, 0.6) is 0 Å². The molecule has 0 aliphatic rings. The monoisotopic (exact) mass is 560 g/mol. The fourth-order valence-corrected chi connectivity index (χ4v) is 6.00. The van der Waals surface area contributed by atoms with Crippen LogP contribution >= 0.6 is 0 Å². The third kappa shape index (κ3) is 3.65. The summed E-state index contributed by atoms with van der Waals surface area (Å²) in [7, 11) is 0. The van der Waals surface area contributed by atoms with Crippen molar-refractivity contribution >= 4 is 54.3 Å². The van der Waals surface area contributed by atoms with Crippen LogP contribution in [0.3, 0.4) is 0 Å². The lowest BCUT2D eigenvalue weighted by molar-refractivity contribution is 0.670. The normalized spacial score (nSPS) is 16.3. The van der Waals surface area contributed by atoms with Gasteiger partial charge in [0.2, 0.25) is 0 Å². The zero-order valence-corrected chi connectivity index (χ0v) is 22.3. The Morgan fingerprint density at radius 1 is 0.419 bits per heavy atom. The standard InChI is InChI=1S/C42H26O/c1-2-13-27(14-3-1)30-17-6-7-18-31(30)40-32-19-8-10-21-34(32)41(35-22-11-9-20-33(35)40)37-24-12-23-36-38-25-28-15-4-5-16-29(28)26-39(38)43-42(36)37/h1-26H/i4D,5D,8D,9D,10D,11D,15D,16D,19D,20D,21D,22D,25D,26D. The molecule has 0 atom stereocenters. The average molecular weight is 561 g/mol. The van der Waals surface area contributed by atoms with Crippen molar-refractivity contribution in [2.24, 2.45) is 0 Å². The van der Waals surface area contributed by atoms with Crippen molar-refractivity contribution in [3.05, 3.63) is 157 Å². The summed E-state index contributed by atoms with van der Waals surface area (Å²) in [4.78, 5) is 0. The van der Waals surface area contributed by atoms with E-state index >= 15 is 0 Å². The van der Waals surface area contributed by atoms with Crippen molar-refractivity contribution in [2.45, 2.75) is 0 Å². The second-order valence-electron chi connectivity index (χ2n) is 10.2. The van der Waals surface area contributed by atoms with E-state index in [1.807, 2.05) is 42.5 Å². The number of furan rings is 1. The van der Waals surface area contributed by atoms with Gasteiger partial charge in [-0.3, -0.25) is 0 Å². The predicted octanol–water partition coefficient (Wildman–Crippen LogP) is 12.0. The SMILES string of the molecule is [2H]c1c([2H])c([2H])c2c([2H])c3c(oc4c(-c5c6c([2H])c([2H])c([2H])c([2H])c6c(-c6ccccc6-c6ccccc6)c6c([2H])c([2H])c([2H])c([2H])c56)cccc43)c([2H])c2c1[2H]. The first-order valence-corrected chi connectivity index (χ1v) is 13.6. The largest absolute Gasteiger partial charge is 0.455 e. The molecule has 0 aliphatic heterocycles. The minimum atomic E-state index is -0.579. The summed E-state index contributed by atoms with van der Waals surface area (Å²) in [5.41, 5.74) is 2.06. The third-order valence-corrected chi connectivity index (χ3v) is 7.82. The van der Waals surface area contributed by atoms with E-state index in [-0.39, 0.29) is 77.0 Å². The Hall–Kier alpha value is -5.66. The van der Waals surface area contributed by atoms with Gasteiger partial charge in [0, 0.05) is 21.9 Å². The van der Waals surface area contributed by atoms with Crippen molar-refractivity contribution in [3.63, 3.8) is 0 Å². The molecule has 0 saturated heterocycles. The van der Waals surface area contributed by atoms with Crippen LogP contribution in [-0.4, -0.2) is 0 Å². The molecule has 0 N–H and O–H groups in total. The van der Waals surface area contributed by atoms with E-state index in [0.717, 1.165) is 5.56 Å². The first-order chi connectivity index (χ1) is 27.2. The van der Waals surface area contributed by atoms with E-state index in [0.29, 0.717) is 11.1 Å². The summed E-state index contributed by atoms with van der Waals surface area (Å²) in [6, 6.07) is 14.3. The fraction of sp³-hybridized carbons (Fsp3) is 0. The number of para-hydroxylation sites is 1. The molecule has 9 aromatic rings. The molecule has 0 unspecified atom stereocenters. The summed E-state index contributed by atoms with van der Waals surface area (Å²) in [5.74, 6) is 0. The second-order valence-corrected chi connectivity index (χ2v) is 10.2. The number of hydrogen-bond acceptors (Lipinski definition) is 1. The van der Waals surface area contributed by atoms with Crippen LogP contribution in [0, 0.1) is 0 Å². The number of hydrogen-bond donors (Lipinski definition) is 0. The Morgan fingerprint density at radius 3 is 1.63 bits per heavy atom. The quantitative estimate of drug-likeness (QED) is 0.196. The molecule has 0 aliphatic carbocycles. The van der Waals surface area contributed by atoms with E-state index in [1.54, 1.807) is 30.3 Å². The molecule has 1 nitrogen and oxygen atoms in total. The first-order valence-electron chi connectivity index (χ1n) is 20.6. The molecule has 0 amide bonds. The summed E-state index contributed by atoms with van der Waals surface area (Å²) < 4.78 is 131. The van der Waals surface area contributed by atoms with Crippen molar-refractivity contribution < 1.29 is 23.6 Å². The summed E-state index contributed by atoms with van der Waals surface area (Å²) in [5, 5.41) is -0.162. The Labute approximate surface area is 268 Å². The molecule has 0 bridgehead atoms. The lowest BCUT2D eigenvalue weighted by Crippen LogP contribution is -1.92. The van der Waals surface area contributed by atoms with Crippen LogP contribution in [0.1, 0.15) is 19.2 Å². The zero-order chi connectivity index (χ0) is 40.5. The highest BCUT2D eigenvalue weighted by atomic mass is 16.3. The van der Waals surface area contributed by atoms with Gasteiger partial charge in [-0.25, -0.2) is 0 Å². The van der Waals surface area contributed by atoms with Gasteiger partial charge in [-0.1, -0.05) is 145 Å². The Bertz CT molecular complexity index is 3200. The molecule has 0 radical (unpaired) electrons. The van der Waals surface area contributed by atoms with E-state index in [2.05, 4.69) is 0 Å². The molecular weight excluding hydrogens is 520 g/mol. The first kappa shape index (κ1) is 14.0. The molecule has 43 heavy (non-hydrogen) atoms. The molecule has 1 heteroatoms. The minimum absolute atomic E-state index is 0.00164. The van der Waals surface area contributed by atoms with Gasteiger partial charge in [-0.15, -0.1) is 0 Å². The van der Waals surface area contributed by atoms with Crippen LogP contribution in [0.2, 0.25) is 0 Å². The van der Waals surface area contributed by atoms with E-state index in [9.17, 15) is 6.85 Å². The van der Waals surface area contributed by atoms with Crippen molar-refractivity contribution in [1.82, 2.24) is 0 Å². The topological polar surface area (TPSA) is 13.1 Å². The van der Waals surface area contributed by atoms with Gasteiger partial charge in [0.25, 0.3) is 0 Å².